The van der Waals surface area contributed by atoms with Gasteiger partial charge in [0.05, 0.1) is 31.9 Å². The summed E-state index contributed by atoms with van der Waals surface area (Å²) in [5.41, 5.74) is 1.18. The fourth-order valence-electron chi connectivity index (χ4n) is 4.10. The Morgan fingerprint density at radius 1 is 1.12 bits per heavy atom. The monoisotopic (exact) mass is 456 g/mol. The minimum atomic E-state index is -0.709. The minimum absolute atomic E-state index is 0.0625. The number of nitrogens with zero attached hydrogens (tertiary/aromatic N) is 2. The highest BCUT2D eigenvalue weighted by atomic mass is 35.5. The van der Waals surface area contributed by atoms with Crippen molar-refractivity contribution < 1.29 is 24.2 Å². The fourth-order valence-corrected chi connectivity index (χ4v) is 4.23. The van der Waals surface area contributed by atoms with Crippen LogP contribution in [0, 0.1) is 0 Å². The van der Waals surface area contributed by atoms with Gasteiger partial charge in [0, 0.05) is 36.8 Å². The number of benzene rings is 2. The number of ether oxygens (including phenoxy) is 2. The van der Waals surface area contributed by atoms with Crippen LogP contribution >= 0.6 is 11.6 Å². The molecule has 0 spiro atoms. The van der Waals surface area contributed by atoms with E-state index in [1.54, 1.807) is 48.5 Å². The molecule has 2 saturated heterocycles. The Bertz CT molecular complexity index is 1030. The molecule has 0 saturated carbocycles. The number of carbonyl (C=O) groups excluding carboxylic acids is 2. The van der Waals surface area contributed by atoms with Crippen LogP contribution in [0.3, 0.4) is 0 Å². The van der Waals surface area contributed by atoms with Gasteiger partial charge in [-0.1, -0.05) is 35.9 Å². The fraction of sp³-hybridized carbons (Fsp3) is 0.333. The summed E-state index contributed by atoms with van der Waals surface area (Å²) in [7, 11) is 1.53. The van der Waals surface area contributed by atoms with Crippen molar-refractivity contribution in [1.29, 1.82) is 0 Å². The molecule has 2 fully saturated rings. The van der Waals surface area contributed by atoms with Gasteiger partial charge in [0.2, 0.25) is 0 Å². The number of likely N-dealkylation sites (tertiary alicyclic amines) is 1. The van der Waals surface area contributed by atoms with Crippen LogP contribution < -0.4 is 4.74 Å². The summed E-state index contributed by atoms with van der Waals surface area (Å²) in [6, 6.07) is 13.1. The summed E-state index contributed by atoms with van der Waals surface area (Å²) in [6.07, 6.45) is 0. The van der Waals surface area contributed by atoms with Crippen LogP contribution in [0.4, 0.5) is 0 Å². The van der Waals surface area contributed by atoms with Gasteiger partial charge in [-0.25, -0.2) is 0 Å². The maximum atomic E-state index is 13.1. The SMILES string of the molecule is COc1cccc(/C(O)=C2\C(=O)C(=O)N(CCN3CCOCC3)C2c2ccc(Cl)cc2)c1. The minimum Gasteiger partial charge on any atom is -0.507 e. The molecule has 2 aromatic carbocycles. The van der Waals surface area contributed by atoms with Crippen molar-refractivity contribution in [2.45, 2.75) is 6.04 Å². The number of halogens is 1. The van der Waals surface area contributed by atoms with Crippen molar-refractivity contribution in [1.82, 2.24) is 9.80 Å². The van der Waals surface area contributed by atoms with Gasteiger partial charge in [-0.3, -0.25) is 14.5 Å². The zero-order valence-electron chi connectivity index (χ0n) is 17.8. The Kier molecular flexibility index (Phi) is 6.79. The van der Waals surface area contributed by atoms with Crippen LogP contribution in [0.15, 0.2) is 54.1 Å². The number of aliphatic hydroxyl groups is 1. The lowest BCUT2D eigenvalue weighted by molar-refractivity contribution is -0.140. The van der Waals surface area contributed by atoms with Gasteiger partial charge in [-0.05, 0) is 29.8 Å². The Morgan fingerprint density at radius 3 is 2.53 bits per heavy atom. The lowest BCUT2D eigenvalue weighted by Gasteiger charge is -2.31. The molecule has 168 valence electrons. The molecule has 8 heteroatoms. The van der Waals surface area contributed by atoms with Gasteiger partial charge >= 0.3 is 0 Å². The molecule has 7 nitrogen and oxygen atoms in total. The van der Waals surface area contributed by atoms with E-state index < -0.39 is 17.7 Å². The van der Waals surface area contributed by atoms with E-state index in [0.29, 0.717) is 48.2 Å². The second-order valence-corrected chi connectivity index (χ2v) is 8.17. The molecule has 2 heterocycles. The molecule has 0 bridgehead atoms. The number of hydrogen-bond donors (Lipinski definition) is 1. The third kappa shape index (κ3) is 4.50. The molecular weight excluding hydrogens is 432 g/mol. The maximum Gasteiger partial charge on any atom is 0.295 e. The first-order valence-corrected chi connectivity index (χ1v) is 10.9. The molecular formula is C24H25ClN2O5. The van der Waals surface area contributed by atoms with E-state index >= 15 is 0 Å². The number of hydrogen-bond acceptors (Lipinski definition) is 6. The third-order valence-electron chi connectivity index (χ3n) is 5.83. The number of rotatable bonds is 6. The van der Waals surface area contributed by atoms with Crippen LogP contribution in [0.25, 0.3) is 5.76 Å². The molecule has 1 N–H and O–H groups in total. The second kappa shape index (κ2) is 9.73. The molecule has 32 heavy (non-hydrogen) atoms. The first-order chi connectivity index (χ1) is 15.5. The molecule has 4 rings (SSSR count). The number of ketones is 1. The molecule has 2 aliphatic heterocycles. The number of Topliss-reactive ketones (excluding diaryl/α,β-unsaturated/α-hetero) is 1. The molecule has 0 radical (unpaired) electrons. The molecule has 1 amide bonds. The molecule has 1 atom stereocenters. The number of morpholine rings is 1. The standard InChI is InChI=1S/C24H25ClN2O5/c1-31-19-4-2-3-17(15-19)22(28)20-21(16-5-7-18(25)8-6-16)27(24(30)23(20)29)10-9-26-11-13-32-14-12-26/h2-8,15,21,28H,9-14H2,1H3/b22-20+. The Balaban J connectivity index is 1.73. The number of carbonyl (C=O) groups is 2. The lowest BCUT2D eigenvalue weighted by atomic mass is 9.95. The highest BCUT2D eigenvalue weighted by molar-refractivity contribution is 6.46. The Labute approximate surface area is 191 Å². The van der Waals surface area contributed by atoms with Gasteiger partial charge in [0.25, 0.3) is 11.7 Å². The number of amides is 1. The first-order valence-electron chi connectivity index (χ1n) is 10.5. The van der Waals surface area contributed by atoms with Crippen LogP contribution in [-0.4, -0.2) is 73.1 Å². The van der Waals surface area contributed by atoms with Crippen molar-refractivity contribution in [3.8, 4) is 5.75 Å². The quantitative estimate of drug-likeness (QED) is 0.409. The summed E-state index contributed by atoms with van der Waals surface area (Å²) < 4.78 is 10.6. The van der Waals surface area contributed by atoms with E-state index in [9.17, 15) is 14.7 Å². The predicted molar refractivity (Wildman–Crippen MR) is 121 cm³/mol. The van der Waals surface area contributed by atoms with Gasteiger partial charge in [-0.2, -0.15) is 0 Å². The van der Waals surface area contributed by atoms with E-state index in [1.165, 1.54) is 12.0 Å². The number of methoxy groups -OCH3 is 1. The van der Waals surface area contributed by atoms with Crippen LogP contribution in [-0.2, 0) is 14.3 Å². The summed E-state index contributed by atoms with van der Waals surface area (Å²) in [5, 5.41) is 11.7. The second-order valence-electron chi connectivity index (χ2n) is 7.73. The van der Waals surface area contributed by atoms with Gasteiger partial charge in [-0.15, -0.1) is 0 Å². The third-order valence-corrected chi connectivity index (χ3v) is 6.08. The predicted octanol–water partition coefficient (Wildman–Crippen LogP) is 3.10. The maximum absolute atomic E-state index is 13.1. The van der Waals surface area contributed by atoms with Crippen molar-refractivity contribution >= 4 is 29.1 Å². The smallest absolute Gasteiger partial charge is 0.295 e. The van der Waals surface area contributed by atoms with E-state index in [4.69, 9.17) is 21.1 Å². The van der Waals surface area contributed by atoms with Crippen molar-refractivity contribution in [2.75, 3.05) is 46.5 Å². The van der Waals surface area contributed by atoms with Gasteiger partial charge < -0.3 is 19.5 Å². The zero-order chi connectivity index (χ0) is 22.7. The lowest BCUT2D eigenvalue weighted by Crippen LogP contribution is -2.42. The largest absolute Gasteiger partial charge is 0.507 e. The summed E-state index contributed by atoms with van der Waals surface area (Å²) >= 11 is 6.06. The summed E-state index contributed by atoms with van der Waals surface area (Å²) in [6.45, 7) is 3.82. The average Bonchev–Trinajstić information content (AvgIpc) is 3.08. The number of aliphatic hydroxyl groups excluding tert-OH is 1. The molecule has 2 aliphatic rings. The Hall–Kier alpha value is -2.87. The molecule has 0 aromatic heterocycles. The van der Waals surface area contributed by atoms with E-state index in [0.717, 1.165) is 13.1 Å². The van der Waals surface area contributed by atoms with Gasteiger partial charge in [0.1, 0.15) is 11.5 Å². The molecule has 2 aromatic rings. The van der Waals surface area contributed by atoms with Crippen LogP contribution in [0.1, 0.15) is 17.2 Å². The Morgan fingerprint density at radius 2 is 1.84 bits per heavy atom. The highest BCUT2D eigenvalue weighted by Crippen LogP contribution is 2.39. The highest BCUT2D eigenvalue weighted by Gasteiger charge is 2.46. The first kappa shape index (κ1) is 22.3. The van der Waals surface area contributed by atoms with Crippen molar-refractivity contribution in [3.63, 3.8) is 0 Å². The van der Waals surface area contributed by atoms with Crippen molar-refractivity contribution in [3.05, 3.63) is 70.3 Å². The molecule has 1 unspecified atom stereocenters. The van der Waals surface area contributed by atoms with E-state index in [2.05, 4.69) is 4.90 Å². The van der Waals surface area contributed by atoms with Crippen LogP contribution in [0.5, 0.6) is 5.75 Å². The zero-order valence-corrected chi connectivity index (χ0v) is 18.5. The summed E-state index contributed by atoms with van der Waals surface area (Å²) in [4.78, 5) is 29.9. The van der Waals surface area contributed by atoms with Crippen molar-refractivity contribution in [2.24, 2.45) is 0 Å². The summed E-state index contributed by atoms with van der Waals surface area (Å²) in [5.74, 6) is -1.01. The average molecular weight is 457 g/mol. The molecule has 0 aliphatic carbocycles. The topological polar surface area (TPSA) is 79.3 Å². The van der Waals surface area contributed by atoms with E-state index in [1.807, 2.05) is 0 Å². The van der Waals surface area contributed by atoms with Gasteiger partial charge in [0.15, 0.2) is 0 Å². The normalized spacial score (nSPS) is 21.2. The van der Waals surface area contributed by atoms with E-state index in [-0.39, 0.29) is 11.3 Å². The van der Waals surface area contributed by atoms with Crippen LogP contribution in [0.2, 0.25) is 5.02 Å².